The fourth-order valence-electron chi connectivity index (χ4n) is 3.99. The number of likely N-dealkylation sites (tertiary alicyclic amines) is 2. The van der Waals surface area contributed by atoms with Gasteiger partial charge in [0.1, 0.15) is 0 Å². The number of nitrogens with one attached hydrogen (secondary N) is 1. The van der Waals surface area contributed by atoms with Crippen LogP contribution in [0.4, 0.5) is 0 Å². The Morgan fingerprint density at radius 3 is 2.14 bits per heavy atom. The zero-order valence-electron chi connectivity index (χ0n) is 14.8. The molecular weight excluding hydrogens is 258 g/mol. The molecule has 2 unspecified atom stereocenters. The fraction of sp³-hybridized carbons (Fsp3) is 1.00. The molecule has 0 spiro atoms. The highest BCUT2D eigenvalue weighted by atomic mass is 15.2. The third-order valence-electron chi connectivity index (χ3n) is 5.49. The van der Waals surface area contributed by atoms with Crippen molar-refractivity contribution in [3.63, 3.8) is 0 Å². The molecule has 0 saturated carbocycles. The van der Waals surface area contributed by atoms with Gasteiger partial charge in [-0.15, -0.1) is 0 Å². The zero-order valence-corrected chi connectivity index (χ0v) is 14.8. The predicted molar refractivity (Wildman–Crippen MR) is 91.8 cm³/mol. The van der Waals surface area contributed by atoms with Crippen molar-refractivity contribution in [2.75, 3.05) is 32.7 Å². The molecule has 2 atom stereocenters. The molecule has 0 bridgehead atoms. The summed E-state index contributed by atoms with van der Waals surface area (Å²) in [7, 11) is 0. The van der Waals surface area contributed by atoms with E-state index < -0.39 is 0 Å². The first-order chi connectivity index (χ1) is 10.1. The molecule has 2 aliphatic heterocycles. The highest BCUT2D eigenvalue weighted by Crippen LogP contribution is 2.18. The maximum atomic E-state index is 3.91. The van der Waals surface area contributed by atoms with Crippen LogP contribution in [0.5, 0.6) is 0 Å². The van der Waals surface area contributed by atoms with Gasteiger partial charge in [-0.1, -0.05) is 13.8 Å². The number of nitrogens with zero attached hydrogens (tertiary/aromatic N) is 2. The molecule has 2 rings (SSSR count). The van der Waals surface area contributed by atoms with E-state index in [4.69, 9.17) is 0 Å². The van der Waals surface area contributed by atoms with Crippen molar-refractivity contribution in [2.45, 2.75) is 77.9 Å². The van der Waals surface area contributed by atoms with Crippen LogP contribution in [0.25, 0.3) is 0 Å². The van der Waals surface area contributed by atoms with Gasteiger partial charge in [-0.05, 0) is 78.0 Å². The first-order valence-corrected chi connectivity index (χ1v) is 9.29. The van der Waals surface area contributed by atoms with E-state index in [0.29, 0.717) is 6.04 Å². The lowest BCUT2D eigenvalue weighted by Gasteiger charge is -2.32. The summed E-state index contributed by atoms with van der Waals surface area (Å²) in [6.45, 7) is 15.8. The minimum absolute atomic E-state index is 0.705. The molecule has 3 nitrogen and oxygen atoms in total. The molecule has 3 heteroatoms. The molecule has 0 aromatic rings. The monoisotopic (exact) mass is 295 g/mol. The van der Waals surface area contributed by atoms with E-state index in [2.05, 4.69) is 42.8 Å². The third-order valence-corrected chi connectivity index (χ3v) is 5.49. The Morgan fingerprint density at radius 2 is 1.52 bits per heavy atom. The van der Waals surface area contributed by atoms with E-state index in [1.807, 2.05) is 0 Å². The van der Waals surface area contributed by atoms with Crippen LogP contribution in [-0.4, -0.2) is 60.6 Å². The molecule has 0 radical (unpaired) electrons. The van der Waals surface area contributed by atoms with Gasteiger partial charge in [-0.3, -0.25) is 4.90 Å². The van der Waals surface area contributed by atoms with Gasteiger partial charge in [0.05, 0.1) is 0 Å². The normalized spacial score (nSPS) is 27.4. The Morgan fingerprint density at radius 1 is 0.857 bits per heavy atom. The molecule has 0 amide bonds. The smallest absolute Gasteiger partial charge is 0.0243 e. The molecule has 2 heterocycles. The number of hydrogen-bond acceptors (Lipinski definition) is 3. The van der Waals surface area contributed by atoms with Gasteiger partial charge in [-0.25, -0.2) is 0 Å². The van der Waals surface area contributed by atoms with E-state index in [0.717, 1.165) is 18.0 Å². The van der Waals surface area contributed by atoms with Crippen molar-refractivity contribution in [1.29, 1.82) is 0 Å². The number of rotatable bonds is 6. The van der Waals surface area contributed by atoms with Gasteiger partial charge >= 0.3 is 0 Å². The zero-order chi connectivity index (χ0) is 15.2. The van der Waals surface area contributed by atoms with Crippen LogP contribution in [0.2, 0.25) is 0 Å². The summed E-state index contributed by atoms with van der Waals surface area (Å²) in [6, 6.07) is 2.17. The van der Waals surface area contributed by atoms with Crippen molar-refractivity contribution >= 4 is 0 Å². The van der Waals surface area contributed by atoms with Gasteiger partial charge in [0, 0.05) is 24.7 Å². The lowest BCUT2D eigenvalue weighted by atomic mass is 10.0. The molecule has 2 saturated heterocycles. The second kappa shape index (κ2) is 8.50. The van der Waals surface area contributed by atoms with Crippen LogP contribution in [0.15, 0.2) is 0 Å². The van der Waals surface area contributed by atoms with Gasteiger partial charge < -0.3 is 10.2 Å². The highest BCUT2D eigenvalue weighted by Gasteiger charge is 2.26. The molecule has 124 valence electrons. The molecule has 0 aliphatic carbocycles. The Balaban J connectivity index is 1.77. The summed E-state index contributed by atoms with van der Waals surface area (Å²) >= 11 is 0. The van der Waals surface area contributed by atoms with E-state index in [1.165, 1.54) is 64.8 Å². The van der Waals surface area contributed by atoms with Crippen LogP contribution < -0.4 is 5.32 Å². The summed E-state index contributed by atoms with van der Waals surface area (Å²) in [6.07, 6.45) is 6.83. The van der Waals surface area contributed by atoms with E-state index >= 15 is 0 Å². The first kappa shape index (κ1) is 17.2. The van der Waals surface area contributed by atoms with Crippen LogP contribution in [0.1, 0.15) is 59.8 Å². The second-order valence-corrected chi connectivity index (χ2v) is 7.72. The third kappa shape index (κ3) is 5.22. The van der Waals surface area contributed by atoms with Crippen molar-refractivity contribution < 1.29 is 0 Å². The Bertz CT molecular complexity index is 284. The summed E-state index contributed by atoms with van der Waals surface area (Å²) in [4.78, 5) is 5.36. The lowest BCUT2D eigenvalue weighted by molar-refractivity contribution is 0.179. The highest BCUT2D eigenvalue weighted by molar-refractivity contribution is 4.83. The molecule has 0 aromatic carbocycles. The Kier molecular flexibility index (Phi) is 6.97. The fourth-order valence-corrected chi connectivity index (χ4v) is 3.99. The van der Waals surface area contributed by atoms with Gasteiger partial charge in [-0.2, -0.15) is 0 Å². The maximum absolute atomic E-state index is 3.91. The van der Waals surface area contributed by atoms with Crippen molar-refractivity contribution in [3.8, 4) is 0 Å². The minimum Gasteiger partial charge on any atom is -0.312 e. The summed E-state index contributed by atoms with van der Waals surface area (Å²) in [5.41, 5.74) is 0. The van der Waals surface area contributed by atoms with Gasteiger partial charge in [0.25, 0.3) is 0 Å². The largest absolute Gasteiger partial charge is 0.312 e. The predicted octanol–water partition coefficient (Wildman–Crippen LogP) is 2.96. The van der Waals surface area contributed by atoms with Crippen LogP contribution in [0, 0.1) is 5.92 Å². The average Bonchev–Trinajstić information content (AvgIpc) is 2.84. The molecule has 1 N–H and O–H groups in total. The minimum atomic E-state index is 0.705. The molecule has 21 heavy (non-hydrogen) atoms. The van der Waals surface area contributed by atoms with Crippen molar-refractivity contribution in [2.24, 2.45) is 5.92 Å². The van der Waals surface area contributed by atoms with Crippen molar-refractivity contribution in [1.82, 2.24) is 15.1 Å². The van der Waals surface area contributed by atoms with Gasteiger partial charge in [0.2, 0.25) is 0 Å². The second-order valence-electron chi connectivity index (χ2n) is 7.72. The van der Waals surface area contributed by atoms with Gasteiger partial charge in [0.15, 0.2) is 0 Å². The molecular formula is C18H37N3. The van der Waals surface area contributed by atoms with E-state index in [9.17, 15) is 0 Å². The lowest BCUT2D eigenvalue weighted by Crippen LogP contribution is -2.47. The van der Waals surface area contributed by atoms with Crippen LogP contribution in [0.3, 0.4) is 0 Å². The van der Waals surface area contributed by atoms with E-state index in [1.54, 1.807) is 0 Å². The van der Waals surface area contributed by atoms with Crippen LogP contribution in [-0.2, 0) is 0 Å². The van der Waals surface area contributed by atoms with Crippen LogP contribution >= 0.6 is 0 Å². The molecule has 2 fully saturated rings. The summed E-state index contributed by atoms with van der Waals surface area (Å²) < 4.78 is 0. The first-order valence-electron chi connectivity index (χ1n) is 9.29. The summed E-state index contributed by atoms with van der Waals surface area (Å²) in [5, 5.41) is 3.91. The Labute approximate surface area is 132 Å². The van der Waals surface area contributed by atoms with Crippen molar-refractivity contribution in [3.05, 3.63) is 0 Å². The Hall–Kier alpha value is -0.120. The topological polar surface area (TPSA) is 18.5 Å². The number of hydrogen-bond donors (Lipinski definition) is 1. The quantitative estimate of drug-likeness (QED) is 0.813. The average molecular weight is 296 g/mol. The standard InChI is InChI=1S/C18H37N3/c1-15(2)18(21-10-5-6-11-21)14-19-17-8-7-12-20(13-9-17)16(3)4/h15-19H,5-14H2,1-4H3. The molecule has 0 aromatic heterocycles. The SMILES string of the molecule is CC(C)C(CNC1CCCN(C(C)C)CC1)N1CCCC1. The maximum Gasteiger partial charge on any atom is 0.0243 e. The summed E-state index contributed by atoms with van der Waals surface area (Å²) in [5.74, 6) is 0.758. The molecule has 2 aliphatic rings. The van der Waals surface area contributed by atoms with E-state index in [-0.39, 0.29) is 0 Å².